The zero-order valence-corrected chi connectivity index (χ0v) is 23.6. The molecule has 3 N–H and O–H groups in total. The van der Waals surface area contributed by atoms with Crippen molar-refractivity contribution in [1.82, 2.24) is 16.0 Å². The first kappa shape index (κ1) is 28.0. The van der Waals surface area contributed by atoms with Gasteiger partial charge >= 0.3 is 5.97 Å². The van der Waals surface area contributed by atoms with Gasteiger partial charge in [-0.15, -0.1) is 11.3 Å². The molecule has 0 bridgehead atoms. The Bertz CT molecular complexity index is 1520. The number of benzene rings is 3. The van der Waals surface area contributed by atoms with Crippen LogP contribution in [0.4, 0.5) is 0 Å². The van der Waals surface area contributed by atoms with Gasteiger partial charge in [-0.2, -0.15) is 0 Å². The summed E-state index contributed by atoms with van der Waals surface area (Å²) in [5.41, 5.74) is 1.57. The summed E-state index contributed by atoms with van der Waals surface area (Å²) in [7, 11) is 1.20. The van der Waals surface area contributed by atoms with Gasteiger partial charge in [0.2, 0.25) is 0 Å². The lowest BCUT2D eigenvalue weighted by Gasteiger charge is -2.18. The normalized spacial score (nSPS) is 12.3. The largest absolute Gasteiger partial charge is 0.467 e. The number of carbonyl (C=O) groups excluding carboxylic acids is 4. The Morgan fingerprint density at radius 1 is 0.897 bits per heavy atom. The molecule has 39 heavy (non-hydrogen) atoms. The van der Waals surface area contributed by atoms with Crippen LogP contribution in [0, 0.1) is 0 Å². The maximum atomic E-state index is 13.0. The Hall–Kier alpha value is -4.02. The van der Waals surface area contributed by atoms with Gasteiger partial charge in [0.05, 0.1) is 23.6 Å². The van der Waals surface area contributed by atoms with Crippen molar-refractivity contribution in [2.45, 2.75) is 19.0 Å². The fourth-order valence-corrected chi connectivity index (χ4v) is 5.29. The summed E-state index contributed by atoms with van der Waals surface area (Å²) in [6.07, 6.45) is 0. The number of hydrogen-bond donors (Lipinski definition) is 3. The van der Waals surface area contributed by atoms with E-state index in [0.717, 1.165) is 16.3 Å². The molecule has 0 aliphatic heterocycles. The molecule has 0 fully saturated rings. The van der Waals surface area contributed by atoms with Gasteiger partial charge in [0.1, 0.15) is 6.04 Å². The second-order valence-electron chi connectivity index (χ2n) is 8.69. The van der Waals surface area contributed by atoms with Gasteiger partial charge in [-0.25, -0.2) is 4.79 Å². The van der Waals surface area contributed by atoms with E-state index in [0.29, 0.717) is 14.9 Å². The lowest BCUT2D eigenvalue weighted by Crippen LogP contribution is -2.49. The maximum absolute atomic E-state index is 13.0. The summed E-state index contributed by atoms with van der Waals surface area (Å²) in [6.45, 7) is 1.76. The number of esters is 1. The highest BCUT2D eigenvalue weighted by atomic mass is 79.9. The van der Waals surface area contributed by atoms with Crippen molar-refractivity contribution < 1.29 is 23.9 Å². The van der Waals surface area contributed by atoms with E-state index in [1.807, 2.05) is 49.4 Å². The second-order valence-corrected chi connectivity index (χ2v) is 10.5. The van der Waals surface area contributed by atoms with Crippen molar-refractivity contribution in [2.24, 2.45) is 0 Å². The van der Waals surface area contributed by atoms with Gasteiger partial charge in [-0.1, -0.05) is 48.5 Å². The molecule has 0 spiro atoms. The third-order valence-electron chi connectivity index (χ3n) is 6.12. The van der Waals surface area contributed by atoms with Crippen LogP contribution in [0.3, 0.4) is 0 Å². The van der Waals surface area contributed by atoms with Crippen molar-refractivity contribution in [3.05, 3.63) is 104 Å². The number of amides is 3. The van der Waals surface area contributed by atoms with Crippen molar-refractivity contribution >= 4 is 61.7 Å². The molecule has 0 radical (unpaired) electrons. The van der Waals surface area contributed by atoms with Crippen molar-refractivity contribution in [3.8, 4) is 0 Å². The molecule has 3 aromatic carbocycles. The molecule has 0 saturated heterocycles. The first-order chi connectivity index (χ1) is 18.8. The third-order valence-corrected chi connectivity index (χ3v) is 7.64. The van der Waals surface area contributed by atoms with Crippen molar-refractivity contribution in [3.63, 3.8) is 0 Å². The summed E-state index contributed by atoms with van der Waals surface area (Å²) in [4.78, 5) is 51.0. The molecule has 1 aromatic heterocycles. The number of rotatable bonds is 9. The van der Waals surface area contributed by atoms with Crippen LogP contribution in [0.5, 0.6) is 0 Å². The van der Waals surface area contributed by atoms with Crippen LogP contribution in [-0.4, -0.2) is 43.4 Å². The van der Waals surface area contributed by atoms with Crippen LogP contribution < -0.4 is 16.0 Å². The zero-order chi connectivity index (χ0) is 27.9. The first-order valence-electron chi connectivity index (χ1n) is 12.1. The highest BCUT2D eigenvalue weighted by Gasteiger charge is 2.25. The maximum Gasteiger partial charge on any atom is 0.330 e. The molecular formula is C29H26BrN3O5S. The topological polar surface area (TPSA) is 114 Å². The van der Waals surface area contributed by atoms with E-state index in [1.165, 1.54) is 30.6 Å². The average molecular weight is 609 g/mol. The average Bonchev–Trinajstić information content (AvgIpc) is 3.49. The second kappa shape index (κ2) is 12.7. The quantitative estimate of drug-likeness (QED) is 0.235. The minimum atomic E-state index is -1.11. The number of nitrogens with one attached hydrogen (secondary N) is 3. The molecule has 2 atom stereocenters. The van der Waals surface area contributed by atoms with Crippen LogP contribution in [0.25, 0.3) is 10.8 Å². The molecular weight excluding hydrogens is 582 g/mol. The third kappa shape index (κ3) is 6.71. The van der Waals surface area contributed by atoms with E-state index in [9.17, 15) is 19.2 Å². The molecule has 3 amide bonds. The molecule has 8 nitrogen and oxygen atoms in total. The Morgan fingerprint density at radius 2 is 1.67 bits per heavy atom. The number of methoxy groups -OCH3 is 1. The molecule has 0 saturated carbocycles. The van der Waals surface area contributed by atoms with E-state index in [2.05, 4.69) is 31.9 Å². The Morgan fingerprint density at radius 3 is 2.38 bits per heavy atom. The lowest BCUT2D eigenvalue weighted by atomic mass is 9.99. The monoisotopic (exact) mass is 607 g/mol. The number of fused-ring (bicyclic) bond motifs is 1. The number of thiophene rings is 1. The minimum Gasteiger partial charge on any atom is -0.467 e. The molecule has 1 heterocycles. The molecule has 0 aliphatic carbocycles. The van der Waals surface area contributed by atoms with Gasteiger partial charge in [0.15, 0.2) is 0 Å². The van der Waals surface area contributed by atoms with Crippen molar-refractivity contribution in [1.29, 1.82) is 0 Å². The number of hydrogen-bond acceptors (Lipinski definition) is 6. The fourth-order valence-electron chi connectivity index (χ4n) is 4.09. The number of halogens is 1. The van der Waals surface area contributed by atoms with Crippen LogP contribution in [0.15, 0.2) is 82.6 Å². The number of ether oxygens (including phenoxy) is 1. The van der Waals surface area contributed by atoms with Gasteiger partial charge in [-0.3, -0.25) is 14.4 Å². The summed E-state index contributed by atoms with van der Waals surface area (Å²) in [6, 6.07) is 20.6. The smallest absolute Gasteiger partial charge is 0.330 e. The Balaban J connectivity index is 1.43. The number of carbonyl (C=O) groups is 4. The first-order valence-corrected chi connectivity index (χ1v) is 13.7. The fraction of sp³-hybridized carbons (Fsp3) is 0.172. The van der Waals surface area contributed by atoms with Gasteiger partial charge in [0, 0.05) is 16.6 Å². The van der Waals surface area contributed by atoms with Crippen LogP contribution in [0.2, 0.25) is 0 Å². The van der Waals surface area contributed by atoms with E-state index < -0.39 is 17.9 Å². The molecule has 1 unspecified atom stereocenters. The van der Waals surface area contributed by atoms with E-state index in [-0.39, 0.29) is 30.0 Å². The van der Waals surface area contributed by atoms with Crippen LogP contribution in [-0.2, 0) is 9.53 Å². The molecule has 200 valence electrons. The molecule has 4 aromatic rings. The van der Waals surface area contributed by atoms with E-state index >= 15 is 0 Å². The molecule has 0 aliphatic rings. The zero-order valence-electron chi connectivity index (χ0n) is 21.2. The van der Waals surface area contributed by atoms with E-state index in [4.69, 9.17) is 4.74 Å². The van der Waals surface area contributed by atoms with Gasteiger partial charge in [-0.05, 0) is 68.8 Å². The predicted molar refractivity (Wildman–Crippen MR) is 154 cm³/mol. The lowest BCUT2D eigenvalue weighted by molar-refractivity contribution is -0.142. The van der Waals surface area contributed by atoms with Crippen molar-refractivity contribution in [2.75, 3.05) is 13.7 Å². The highest BCUT2D eigenvalue weighted by Crippen LogP contribution is 2.25. The summed E-state index contributed by atoms with van der Waals surface area (Å²) >= 11 is 4.63. The summed E-state index contributed by atoms with van der Waals surface area (Å²) < 4.78 is 5.16. The highest BCUT2D eigenvalue weighted by molar-refractivity contribution is 9.10. The van der Waals surface area contributed by atoms with E-state index in [1.54, 1.807) is 23.6 Å². The Labute approximate surface area is 237 Å². The molecule has 10 heteroatoms. The SMILES string of the molecule is COC(=O)[C@H](CNC(=O)c1cccs1)NC(=O)c1ccc(C(=O)NC(C)c2cccc3ccccc23)cc1Br. The standard InChI is InChI=1S/C29H26BrN3O5S/c1-17(20-10-5-8-18-7-3-4-9-21(18)20)32-26(34)19-12-13-22(23(30)15-19)27(35)33-24(29(37)38-2)16-31-28(36)25-11-6-14-39-25/h3-15,17,24H,16H2,1-2H3,(H,31,36)(H,32,34)(H,33,35)/t17?,24-/m0/s1. The van der Waals surface area contributed by atoms with Gasteiger partial charge < -0.3 is 20.7 Å². The summed E-state index contributed by atoms with van der Waals surface area (Å²) in [5, 5.41) is 12.1. The van der Waals surface area contributed by atoms with Gasteiger partial charge in [0.25, 0.3) is 17.7 Å². The van der Waals surface area contributed by atoms with Crippen LogP contribution >= 0.6 is 27.3 Å². The molecule has 4 rings (SSSR count). The minimum absolute atomic E-state index is 0.153. The predicted octanol–water partition coefficient (Wildman–Crippen LogP) is 4.86. The van der Waals surface area contributed by atoms with Crippen LogP contribution in [0.1, 0.15) is 48.9 Å². The Kier molecular flexibility index (Phi) is 9.11. The summed E-state index contributed by atoms with van der Waals surface area (Å²) in [5.74, 6) is -1.93.